The Labute approximate surface area is 144 Å². The summed E-state index contributed by atoms with van der Waals surface area (Å²) < 4.78 is 7.95. The van der Waals surface area contributed by atoms with Crippen molar-refractivity contribution < 1.29 is 9.30 Å². The van der Waals surface area contributed by atoms with Crippen LogP contribution in [0.4, 0.5) is 0 Å². The molecule has 0 radical (unpaired) electrons. The minimum absolute atomic E-state index is 0.939. The van der Waals surface area contributed by atoms with Gasteiger partial charge in [0.2, 0.25) is 11.0 Å². The second kappa shape index (κ2) is 4.99. The average molecular weight is 330 g/mol. The molecule has 116 valence electrons. The van der Waals surface area contributed by atoms with Crippen molar-refractivity contribution in [2.75, 3.05) is 7.11 Å². The van der Waals surface area contributed by atoms with Gasteiger partial charge in [-0.3, -0.25) is 0 Å². The highest BCUT2D eigenvalue weighted by Crippen LogP contribution is 2.52. The minimum Gasteiger partial charge on any atom is -0.496 e. The van der Waals surface area contributed by atoms with Crippen LogP contribution in [0, 0.1) is 0 Å². The fraction of sp³-hybridized carbons (Fsp3) is 0.0952. The highest BCUT2D eigenvalue weighted by atomic mass is 32.2. The van der Waals surface area contributed by atoms with Gasteiger partial charge in [-0.15, -0.1) is 0 Å². The predicted molar refractivity (Wildman–Crippen MR) is 98.7 cm³/mol. The Morgan fingerprint density at radius 3 is 2.54 bits per heavy atom. The standard InChI is InChI=1S/C21H16NOS/c1-22-15-9-4-3-7-13(15)21-19-14(8-5-10-16(19)22)20-17(23-2)11-6-12-18(20)24-21/h3-12H,1-2H3/q+1. The SMILES string of the molecule is COc1cccc2c1-c1cccc3c1c(c1ccccc1[n+]3C)S2. The van der Waals surface area contributed by atoms with E-state index in [4.69, 9.17) is 4.74 Å². The molecule has 0 unspecified atom stereocenters. The lowest BCUT2D eigenvalue weighted by atomic mass is 9.97. The first-order valence-electron chi connectivity index (χ1n) is 7.98. The van der Waals surface area contributed by atoms with E-state index in [0.717, 1.165) is 5.75 Å². The average Bonchev–Trinajstić information content (AvgIpc) is 2.65. The summed E-state index contributed by atoms with van der Waals surface area (Å²) in [6, 6.07) is 21.5. The molecule has 4 aromatic rings. The first-order valence-corrected chi connectivity index (χ1v) is 8.80. The van der Waals surface area contributed by atoms with Crippen LogP contribution in [-0.2, 0) is 7.05 Å². The fourth-order valence-electron chi connectivity index (χ4n) is 3.74. The van der Waals surface area contributed by atoms with Crippen LogP contribution < -0.4 is 9.30 Å². The number of rotatable bonds is 1. The van der Waals surface area contributed by atoms with Gasteiger partial charge in [0.15, 0.2) is 0 Å². The van der Waals surface area contributed by atoms with Crippen molar-refractivity contribution in [3.8, 4) is 16.9 Å². The van der Waals surface area contributed by atoms with E-state index in [9.17, 15) is 0 Å². The summed E-state index contributed by atoms with van der Waals surface area (Å²) in [6.45, 7) is 0. The van der Waals surface area contributed by atoms with E-state index >= 15 is 0 Å². The van der Waals surface area contributed by atoms with E-state index in [1.54, 1.807) is 7.11 Å². The van der Waals surface area contributed by atoms with Gasteiger partial charge in [-0.25, -0.2) is 0 Å². The monoisotopic (exact) mass is 330 g/mol. The van der Waals surface area contributed by atoms with Gasteiger partial charge in [-0.1, -0.05) is 42.1 Å². The van der Waals surface area contributed by atoms with Gasteiger partial charge in [0, 0.05) is 33.1 Å². The van der Waals surface area contributed by atoms with Gasteiger partial charge in [0.1, 0.15) is 12.8 Å². The van der Waals surface area contributed by atoms with Gasteiger partial charge in [-0.05, 0) is 18.2 Å². The number of nitrogens with zero attached hydrogens (tertiary/aromatic N) is 1. The number of methoxy groups -OCH3 is 1. The van der Waals surface area contributed by atoms with E-state index in [0.29, 0.717) is 0 Å². The molecule has 0 saturated heterocycles. The topological polar surface area (TPSA) is 13.1 Å². The van der Waals surface area contributed by atoms with E-state index in [1.165, 1.54) is 42.7 Å². The van der Waals surface area contributed by atoms with Gasteiger partial charge in [0.25, 0.3) is 0 Å². The number of hydrogen-bond donors (Lipinski definition) is 0. The Morgan fingerprint density at radius 2 is 1.67 bits per heavy atom. The van der Waals surface area contributed by atoms with Crippen LogP contribution in [0.5, 0.6) is 5.75 Å². The number of hydrogen-bond acceptors (Lipinski definition) is 2. The predicted octanol–water partition coefficient (Wildman–Crippen LogP) is 4.96. The van der Waals surface area contributed by atoms with Crippen LogP contribution in [0.15, 0.2) is 70.5 Å². The number of aryl methyl sites for hydroxylation is 1. The zero-order valence-electron chi connectivity index (χ0n) is 13.5. The molecule has 1 aliphatic heterocycles. The normalized spacial score (nSPS) is 12.4. The quantitative estimate of drug-likeness (QED) is 0.318. The van der Waals surface area contributed by atoms with Crippen LogP contribution in [-0.4, -0.2) is 7.11 Å². The van der Waals surface area contributed by atoms with Crippen LogP contribution >= 0.6 is 11.8 Å². The fourth-order valence-corrected chi connectivity index (χ4v) is 5.02. The van der Waals surface area contributed by atoms with E-state index in [-0.39, 0.29) is 0 Å². The maximum atomic E-state index is 5.66. The zero-order valence-corrected chi connectivity index (χ0v) is 14.4. The highest BCUT2D eigenvalue weighted by Gasteiger charge is 2.28. The van der Waals surface area contributed by atoms with Crippen molar-refractivity contribution in [2.24, 2.45) is 7.05 Å². The summed E-state index contributed by atoms with van der Waals surface area (Å²) in [6.07, 6.45) is 0. The van der Waals surface area contributed by atoms with Crippen LogP contribution in [0.2, 0.25) is 0 Å². The van der Waals surface area contributed by atoms with E-state index in [1.807, 2.05) is 17.8 Å². The molecule has 0 fully saturated rings. The van der Waals surface area contributed by atoms with E-state index < -0.39 is 0 Å². The molecule has 5 rings (SSSR count). The third-order valence-electron chi connectivity index (χ3n) is 4.83. The second-order valence-electron chi connectivity index (χ2n) is 6.04. The van der Waals surface area contributed by atoms with Gasteiger partial charge >= 0.3 is 0 Å². The lowest BCUT2D eigenvalue weighted by molar-refractivity contribution is -0.617. The molecule has 0 saturated carbocycles. The molecule has 0 atom stereocenters. The Hall–Kier alpha value is -2.52. The zero-order chi connectivity index (χ0) is 16.3. The van der Waals surface area contributed by atoms with Crippen molar-refractivity contribution in [2.45, 2.75) is 9.79 Å². The Kier molecular flexibility index (Phi) is 2.88. The molecular weight excluding hydrogens is 314 g/mol. The number of aromatic nitrogens is 1. The minimum atomic E-state index is 0.939. The smallest absolute Gasteiger partial charge is 0.214 e. The van der Waals surface area contributed by atoms with Crippen molar-refractivity contribution >= 4 is 33.6 Å². The molecule has 3 heteroatoms. The summed E-state index contributed by atoms with van der Waals surface area (Å²) in [5.41, 5.74) is 4.98. The van der Waals surface area contributed by atoms with Crippen LogP contribution in [0.25, 0.3) is 32.9 Å². The molecule has 2 nitrogen and oxygen atoms in total. The second-order valence-corrected chi connectivity index (χ2v) is 7.09. The van der Waals surface area contributed by atoms with Gasteiger partial charge < -0.3 is 4.74 Å². The number of pyridine rings is 1. The van der Waals surface area contributed by atoms with E-state index in [2.05, 4.69) is 66.2 Å². The number of benzene rings is 3. The molecule has 1 aromatic heterocycles. The van der Waals surface area contributed by atoms with Gasteiger partial charge in [-0.2, -0.15) is 4.57 Å². The number of para-hydroxylation sites is 1. The third kappa shape index (κ3) is 1.70. The molecule has 0 bridgehead atoms. The maximum Gasteiger partial charge on any atom is 0.214 e. The summed E-state index contributed by atoms with van der Waals surface area (Å²) in [5, 5.41) is 2.62. The summed E-state index contributed by atoms with van der Waals surface area (Å²) in [5.74, 6) is 0.939. The largest absolute Gasteiger partial charge is 0.496 e. The third-order valence-corrected chi connectivity index (χ3v) is 6.02. The van der Waals surface area contributed by atoms with Crippen molar-refractivity contribution in [1.82, 2.24) is 0 Å². The summed E-state index contributed by atoms with van der Waals surface area (Å²) in [7, 11) is 3.89. The molecule has 0 amide bonds. The van der Waals surface area contributed by atoms with Gasteiger partial charge in [0.05, 0.1) is 17.9 Å². The first kappa shape index (κ1) is 13.9. The van der Waals surface area contributed by atoms with Crippen molar-refractivity contribution in [3.63, 3.8) is 0 Å². The van der Waals surface area contributed by atoms with Crippen LogP contribution in [0.3, 0.4) is 0 Å². The Balaban J connectivity index is 2.04. The first-order chi connectivity index (χ1) is 11.8. The molecule has 3 aromatic carbocycles. The lowest BCUT2D eigenvalue weighted by Gasteiger charge is -2.22. The Morgan fingerprint density at radius 1 is 0.875 bits per heavy atom. The molecule has 0 aliphatic carbocycles. The molecule has 2 heterocycles. The molecule has 1 aliphatic rings. The molecular formula is C21H16NOS+. The van der Waals surface area contributed by atoms with Crippen molar-refractivity contribution in [1.29, 1.82) is 0 Å². The molecule has 0 spiro atoms. The maximum absolute atomic E-state index is 5.66. The highest BCUT2D eigenvalue weighted by molar-refractivity contribution is 8.00. The summed E-state index contributed by atoms with van der Waals surface area (Å²) >= 11 is 1.85. The number of fused-ring (bicyclic) bond motifs is 4. The lowest BCUT2D eigenvalue weighted by Crippen LogP contribution is -2.30. The van der Waals surface area contributed by atoms with Crippen LogP contribution in [0.1, 0.15) is 0 Å². The Bertz CT molecular complexity index is 1130. The van der Waals surface area contributed by atoms with Crippen molar-refractivity contribution in [3.05, 3.63) is 60.7 Å². The number of ether oxygens (including phenoxy) is 1. The summed E-state index contributed by atoms with van der Waals surface area (Å²) in [4.78, 5) is 2.60. The molecule has 24 heavy (non-hydrogen) atoms. The molecule has 0 N–H and O–H groups in total.